The minimum absolute atomic E-state index is 0.185. The Labute approximate surface area is 116 Å². The molecule has 4 nitrogen and oxygen atoms in total. The summed E-state index contributed by atoms with van der Waals surface area (Å²) >= 11 is 3.37. The average molecular weight is 313 g/mol. The second kappa shape index (κ2) is 7.87. The highest BCUT2D eigenvalue weighted by atomic mass is 79.9. The molecule has 1 aromatic rings. The Morgan fingerprint density at radius 1 is 1.33 bits per heavy atom. The summed E-state index contributed by atoms with van der Waals surface area (Å²) in [5.41, 5.74) is 4.72. The maximum Gasteiger partial charge on any atom is 0.306 e. The molecule has 0 spiro atoms. The summed E-state index contributed by atoms with van der Waals surface area (Å²) in [6.07, 6.45) is 0.966. The summed E-state index contributed by atoms with van der Waals surface area (Å²) in [5, 5.41) is 4.20. The van der Waals surface area contributed by atoms with Crippen LogP contribution in [0.1, 0.15) is 26.7 Å². The van der Waals surface area contributed by atoms with Crippen LogP contribution in [-0.2, 0) is 9.53 Å². The molecule has 0 amide bonds. The van der Waals surface area contributed by atoms with E-state index in [-0.39, 0.29) is 5.97 Å². The molecule has 0 aliphatic rings. The van der Waals surface area contributed by atoms with Gasteiger partial charge in [0.25, 0.3) is 0 Å². The molecular weight excluding hydrogens is 296 g/mol. The monoisotopic (exact) mass is 312 g/mol. The van der Waals surface area contributed by atoms with Crippen molar-refractivity contribution < 1.29 is 9.53 Å². The fourth-order valence-corrected chi connectivity index (χ4v) is 1.52. The van der Waals surface area contributed by atoms with E-state index >= 15 is 0 Å². The zero-order valence-corrected chi connectivity index (χ0v) is 12.2. The van der Waals surface area contributed by atoms with Gasteiger partial charge in [0.05, 0.1) is 18.7 Å². The molecule has 1 N–H and O–H groups in total. The molecule has 1 aromatic carbocycles. The van der Waals surface area contributed by atoms with E-state index in [9.17, 15) is 4.79 Å². The van der Waals surface area contributed by atoms with Crippen LogP contribution in [0.15, 0.2) is 33.8 Å². The van der Waals surface area contributed by atoms with E-state index in [0.29, 0.717) is 19.4 Å². The number of hydrogen-bond acceptors (Lipinski definition) is 4. The van der Waals surface area contributed by atoms with Crippen LogP contribution in [0, 0.1) is 0 Å². The number of hydrogen-bond donors (Lipinski definition) is 1. The fraction of sp³-hybridized carbons (Fsp3) is 0.385. The van der Waals surface area contributed by atoms with Gasteiger partial charge in [-0.25, -0.2) is 0 Å². The SMILES string of the molecule is CCOC(=O)CC/C(C)=N/Nc1ccc(Br)cc1. The molecule has 0 aliphatic carbocycles. The predicted molar refractivity (Wildman–Crippen MR) is 76.7 cm³/mol. The lowest BCUT2D eigenvalue weighted by atomic mass is 10.2. The van der Waals surface area contributed by atoms with Crippen LogP contribution in [0.25, 0.3) is 0 Å². The maximum absolute atomic E-state index is 11.2. The average Bonchev–Trinajstić information content (AvgIpc) is 2.36. The quantitative estimate of drug-likeness (QED) is 0.496. The van der Waals surface area contributed by atoms with Gasteiger partial charge >= 0.3 is 5.97 Å². The Balaban J connectivity index is 2.37. The van der Waals surface area contributed by atoms with Crippen LogP contribution in [0.3, 0.4) is 0 Å². The van der Waals surface area contributed by atoms with E-state index in [4.69, 9.17) is 4.74 Å². The largest absolute Gasteiger partial charge is 0.466 e. The van der Waals surface area contributed by atoms with Gasteiger partial charge in [-0.1, -0.05) is 15.9 Å². The Hall–Kier alpha value is -1.36. The van der Waals surface area contributed by atoms with Gasteiger partial charge in [-0.05, 0) is 44.5 Å². The Morgan fingerprint density at radius 3 is 2.61 bits per heavy atom. The van der Waals surface area contributed by atoms with Crippen LogP contribution in [0.4, 0.5) is 5.69 Å². The summed E-state index contributed by atoms with van der Waals surface area (Å²) in [7, 11) is 0. The Bertz CT molecular complexity index is 416. The van der Waals surface area contributed by atoms with Crippen LogP contribution >= 0.6 is 15.9 Å². The van der Waals surface area contributed by atoms with E-state index in [1.54, 1.807) is 6.92 Å². The highest BCUT2D eigenvalue weighted by Crippen LogP contribution is 2.14. The minimum atomic E-state index is -0.185. The van der Waals surface area contributed by atoms with E-state index in [0.717, 1.165) is 15.9 Å². The molecule has 0 fully saturated rings. The molecule has 1 rings (SSSR count). The normalized spacial score (nSPS) is 11.2. The molecule has 0 heterocycles. The highest BCUT2D eigenvalue weighted by molar-refractivity contribution is 9.10. The number of benzene rings is 1. The zero-order chi connectivity index (χ0) is 13.4. The molecule has 5 heteroatoms. The summed E-state index contributed by atoms with van der Waals surface area (Å²) in [5.74, 6) is -0.185. The molecule has 0 bridgehead atoms. The summed E-state index contributed by atoms with van der Waals surface area (Å²) in [6, 6.07) is 7.72. The van der Waals surface area contributed by atoms with Gasteiger partial charge in [0.2, 0.25) is 0 Å². The first kappa shape index (κ1) is 14.7. The number of halogens is 1. The number of carbonyl (C=O) groups is 1. The summed E-state index contributed by atoms with van der Waals surface area (Å²) in [4.78, 5) is 11.2. The van der Waals surface area contributed by atoms with E-state index < -0.39 is 0 Å². The van der Waals surface area contributed by atoms with Crippen molar-refractivity contribution in [3.8, 4) is 0 Å². The van der Waals surface area contributed by atoms with Crippen molar-refractivity contribution in [1.82, 2.24) is 0 Å². The smallest absolute Gasteiger partial charge is 0.306 e. The zero-order valence-electron chi connectivity index (χ0n) is 10.6. The van der Waals surface area contributed by atoms with E-state index in [1.165, 1.54) is 0 Å². The standard InChI is InChI=1S/C13H17BrN2O2/c1-3-18-13(17)9-4-10(2)15-16-12-7-5-11(14)6-8-12/h5-8,16H,3-4,9H2,1-2H3/b15-10+. The summed E-state index contributed by atoms with van der Waals surface area (Å²) in [6.45, 7) is 4.10. The third-order valence-electron chi connectivity index (χ3n) is 2.22. The first-order valence-electron chi connectivity index (χ1n) is 5.82. The van der Waals surface area contributed by atoms with Crippen LogP contribution in [-0.4, -0.2) is 18.3 Å². The number of anilines is 1. The molecule has 0 saturated heterocycles. The van der Waals surface area contributed by atoms with Crippen molar-refractivity contribution in [2.45, 2.75) is 26.7 Å². The van der Waals surface area contributed by atoms with Gasteiger partial charge in [0.15, 0.2) is 0 Å². The highest BCUT2D eigenvalue weighted by Gasteiger charge is 2.02. The second-order valence-electron chi connectivity index (χ2n) is 3.77. The van der Waals surface area contributed by atoms with Crippen LogP contribution < -0.4 is 5.43 Å². The first-order chi connectivity index (χ1) is 8.61. The number of carbonyl (C=O) groups excluding carboxylic acids is 1. The van der Waals surface area contributed by atoms with Gasteiger partial charge in [-0.15, -0.1) is 0 Å². The number of rotatable bonds is 6. The third-order valence-corrected chi connectivity index (χ3v) is 2.75. The number of nitrogens with one attached hydrogen (secondary N) is 1. The third kappa shape index (κ3) is 5.82. The van der Waals surface area contributed by atoms with Crippen LogP contribution in [0.2, 0.25) is 0 Å². The van der Waals surface area contributed by atoms with Gasteiger partial charge in [0, 0.05) is 10.2 Å². The van der Waals surface area contributed by atoms with Crippen molar-refractivity contribution >= 4 is 33.3 Å². The lowest BCUT2D eigenvalue weighted by Crippen LogP contribution is -2.07. The fourth-order valence-electron chi connectivity index (χ4n) is 1.26. The molecule has 0 saturated carbocycles. The Morgan fingerprint density at radius 2 is 2.00 bits per heavy atom. The molecule has 0 atom stereocenters. The van der Waals surface area contributed by atoms with E-state index in [1.807, 2.05) is 31.2 Å². The number of nitrogens with zero attached hydrogens (tertiary/aromatic N) is 1. The van der Waals surface area contributed by atoms with Crippen molar-refractivity contribution in [2.24, 2.45) is 5.10 Å². The van der Waals surface area contributed by atoms with Gasteiger partial charge in [-0.3, -0.25) is 10.2 Å². The molecular formula is C13H17BrN2O2. The number of esters is 1. The van der Waals surface area contributed by atoms with Crippen molar-refractivity contribution in [3.05, 3.63) is 28.7 Å². The van der Waals surface area contributed by atoms with Gasteiger partial charge in [0.1, 0.15) is 0 Å². The lowest BCUT2D eigenvalue weighted by Gasteiger charge is -2.04. The van der Waals surface area contributed by atoms with Gasteiger partial charge in [-0.2, -0.15) is 5.10 Å². The molecule has 0 radical (unpaired) electrons. The minimum Gasteiger partial charge on any atom is -0.466 e. The molecule has 0 aliphatic heterocycles. The number of ether oxygens (including phenoxy) is 1. The van der Waals surface area contributed by atoms with Crippen molar-refractivity contribution in [1.29, 1.82) is 0 Å². The van der Waals surface area contributed by atoms with Crippen molar-refractivity contribution in [3.63, 3.8) is 0 Å². The van der Waals surface area contributed by atoms with E-state index in [2.05, 4.69) is 26.5 Å². The summed E-state index contributed by atoms with van der Waals surface area (Å²) < 4.78 is 5.87. The molecule has 0 aromatic heterocycles. The number of hydrazone groups is 1. The maximum atomic E-state index is 11.2. The first-order valence-corrected chi connectivity index (χ1v) is 6.61. The Kier molecular flexibility index (Phi) is 6.43. The van der Waals surface area contributed by atoms with Crippen molar-refractivity contribution in [2.75, 3.05) is 12.0 Å². The molecule has 0 unspecified atom stereocenters. The molecule has 18 heavy (non-hydrogen) atoms. The van der Waals surface area contributed by atoms with Crippen LogP contribution in [0.5, 0.6) is 0 Å². The van der Waals surface area contributed by atoms with Gasteiger partial charge < -0.3 is 4.74 Å². The topological polar surface area (TPSA) is 50.7 Å². The lowest BCUT2D eigenvalue weighted by molar-refractivity contribution is -0.142. The molecule has 98 valence electrons. The second-order valence-corrected chi connectivity index (χ2v) is 4.69. The predicted octanol–water partition coefficient (Wildman–Crippen LogP) is 3.58.